The smallest absolute Gasteiger partial charge is 0.179 e. The van der Waals surface area contributed by atoms with E-state index in [1.54, 1.807) is 0 Å². The number of carbonyl (C=O) groups excluding carboxylic acids is 1. The summed E-state index contributed by atoms with van der Waals surface area (Å²) in [6.45, 7) is 6.59. The van der Waals surface area contributed by atoms with E-state index in [9.17, 15) is 4.79 Å². The summed E-state index contributed by atoms with van der Waals surface area (Å²) < 4.78 is 2.10. The number of pyridine rings is 1. The lowest BCUT2D eigenvalue weighted by Crippen LogP contribution is -2.08. The molecule has 2 aromatic heterocycles. The molecule has 0 atom stereocenters. The molecule has 0 bridgehead atoms. The number of aromatic nitrogens is 2. The molecule has 2 aromatic rings. The van der Waals surface area contributed by atoms with Gasteiger partial charge in [-0.2, -0.15) is 0 Å². The molecule has 3 nitrogen and oxygen atoms in total. The summed E-state index contributed by atoms with van der Waals surface area (Å²) in [6.07, 6.45) is 0. The van der Waals surface area contributed by atoms with E-state index in [4.69, 9.17) is 11.6 Å². The SMILES string of the molecule is Cc1cccc(Cn2c(C)cc(C(=O)CCl)c2C)n1. The van der Waals surface area contributed by atoms with Gasteiger partial charge in [0, 0.05) is 22.6 Å². The van der Waals surface area contributed by atoms with Gasteiger partial charge in [-0.25, -0.2) is 0 Å². The highest BCUT2D eigenvalue weighted by Gasteiger charge is 2.15. The number of nitrogens with zero attached hydrogens (tertiary/aromatic N) is 2. The zero-order valence-corrected chi connectivity index (χ0v) is 12.2. The topological polar surface area (TPSA) is 34.9 Å². The predicted molar refractivity (Wildman–Crippen MR) is 77.0 cm³/mol. The Bertz CT molecular complexity index is 617. The molecule has 4 heteroatoms. The van der Waals surface area contributed by atoms with Crippen molar-refractivity contribution in [2.24, 2.45) is 0 Å². The van der Waals surface area contributed by atoms with E-state index in [-0.39, 0.29) is 11.7 Å². The van der Waals surface area contributed by atoms with Gasteiger partial charge in [0.2, 0.25) is 0 Å². The molecule has 0 radical (unpaired) electrons. The van der Waals surface area contributed by atoms with Crippen molar-refractivity contribution < 1.29 is 4.79 Å². The molecule has 0 N–H and O–H groups in total. The Balaban J connectivity index is 2.36. The molecule has 0 aliphatic heterocycles. The third kappa shape index (κ3) is 2.87. The Morgan fingerprint density at radius 1 is 1.32 bits per heavy atom. The van der Waals surface area contributed by atoms with Crippen LogP contribution in [-0.2, 0) is 6.54 Å². The molecule has 0 aliphatic carbocycles. The summed E-state index contributed by atoms with van der Waals surface area (Å²) in [5, 5.41) is 0. The highest BCUT2D eigenvalue weighted by atomic mass is 35.5. The van der Waals surface area contributed by atoms with E-state index in [0.29, 0.717) is 12.1 Å². The molecule has 0 amide bonds. The molecule has 0 unspecified atom stereocenters. The second-order valence-electron chi connectivity index (χ2n) is 4.70. The first kappa shape index (κ1) is 13.8. The second kappa shape index (κ2) is 5.57. The lowest BCUT2D eigenvalue weighted by atomic mass is 10.2. The van der Waals surface area contributed by atoms with Crippen LogP contribution in [0.3, 0.4) is 0 Å². The highest BCUT2D eigenvalue weighted by Crippen LogP contribution is 2.17. The summed E-state index contributed by atoms with van der Waals surface area (Å²) in [5.74, 6) is -0.00861. The number of hydrogen-bond acceptors (Lipinski definition) is 2. The van der Waals surface area contributed by atoms with Gasteiger partial charge in [0.25, 0.3) is 0 Å². The molecule has 2 rings (SSSR count). The minimum Gasteiger partial charge on any atom is -0.343 e. The first-order chi connectivity index (χ1) is 9.02. The number of ketones is 1. The molecular formula is C15H17ClN2O. The van der Waals surface area contributed by atoms with Crippen LogP contribution in [0, 0.1) is 20.8 Å². The molecule has 0 fully saturated rings. The molecule has 0 spiro atoms. The monoisotopic (exact) mass is 276 g/mol. The van der Waals surface area contributed by atoms with E-state index >= 15 is 0 Å². The van der Waals surface area contributed by atoms with E-state index in [2.05, 4.69) is 9.55 Å². The fourth-order valence-corrected chi connectivity index (χ4v) is 2.39. The van der Waals surface area contributed by atoms with Crippen LogP contribution in [0.1, 0.15) is 33.1 Å². The maximum Gasteiger partial charge on any atom is 0.179 e. The standard InChI is InChI=1S/C15H17ClN2O/c1-10-5-4-6-13(17-10)9-18-11(2)7-14(12(18)3)15(19)8-16/h4-7H,8-9H2,1-3H3. The van der Waals surface area contributed by atoms with Gasteiger partial charge in [0.15, 0.2) is 5.78 Å². The molecule has 0 aliphatic rings. The maximum atomic E-state index is 11.7. The fourth-order valence-electron chi connectivity index (χ4n) is 2.25. The van der Waals surface area contributed by atoms with Gasteiger partial charge in [-0.05, 0) is 39.0 Å². The number of aryl methyl sites for hydroxylation is 2. The second-order valence-corrected chi connectivity index (χ2v) is 4.97. The quantitative estimate of drug-likeness (QED) is 0.634. The van der Waals surface area contributed by atoms with Gasteiger partial charge in [-0.1, -0.05) is 6.07 Å². The van der Waals surface area contributed by atoms with E-state index in [1.165, 1.54) is 0 Å². The van der Waals surface area contributed by atoms with Gasteiger partial charge >= 0.3 is 0 Å². The first-order valence-electron chi connectivity index (χ1n) is 6.21. The van der Waals surface area contributed by atoms with Crippen molar-refractivity contribution in [3.05, 3.63) is 52.6 Å². The predicted octanol–water partition coefficient (Wildman–Crippen LogP) is 3.28. The normalized spacial score (nSPS) is 10.7. The number of Topliss-reactive ketones (excluding diaryl/α,β-unsaturated/α-hetero) is 1. The number of halogens is 1. The third-order valence-electron chi connectivity index (χ3n) is 3.26. The molecule has 0 aromatic carbocycles. The van der Waals surface area contributed by atoms with Gasteiger partial charge in [-0.15, -0.1) is 11.6 Å². The van der Waals surface area contributed by atoms with Crippen LogP contribution in [0.15, 0.2) is 24.3 Å². The summed E-state index contributed by atoms with van der Waals surface area (Å²) in [6, 6.07) is 7.86. The average Bonchev–Trinajstić information content (AvgIpc) is 2.66. The Hall–Kier alpha value is -1.61. The lowest BCUT2D eigenvalue weighted by Gasteiger charge is -2.09. The van der Waals surface area contributed by atoms with Crippen LogP contribution in [0.4, 0.5) is 0 Å². The number of carbonyl (C=O) groups is 1. The van der Waals surface area contributed by atoms with Crippen LogP contribution < -0.4 is 0 Å². The molecular weight excluding hydrogens is 260 g/mol. The summed E-state index contributed by atoms with van der Waals surface area (Å²) in [4.78, 5) is 16.2. The zero-order chi connectivity index (χ0) is 14.0. The van der Waals surface area contributed by atoms with Crippen molar-refractivity contribution in [2.75, 3.05) is 5.88 Å². The van der Waals surface area contributed by atoms with Crippen molar-refractivity contribution in [1.29, 1.82) is 0 Å². The van der Waals surface area contributed by atoms with Crippen LogP contribution in [-0.4, -0.2) is 21.2 Å². The highest BCUT2D eigenvalue weighted by molar-refractivity contribution is 6.30. The molecule has 2 heterocycles. The van der Waals surface area contributed by atoms with Crippen molar-refractivity contribution >= 4 is 17.4 Å². The van der Waals surface area contributed by atoms with Crippen molar-refractivity contribution in [2.45, 2.75) is 27.3 Å². The molecule has 19 heavy (non-hydrogen) atoms. The Morgan fingerprint density at radius 3 is 2.68 bits per heavy atom. The van der Waals surface area contributed by atoms with Crippen molar-refractivity contribution in [1.82, 2.24) is 9.55 Å². The number of rotatable bonds is 4. The van der Waals surface area contributed by atoms with Crippen LogP contribution >= 0.6 is 11.6 Å². The minimum atomic E-state index is -0.0294. The van der Waals surface area contributed by atoms with Crippen LogP contribution in [0.5, 0.6) is 0 Å². The molecule has 0 saturated carbocycles. The Morgan fingerprint density at radius 2 is 2.05 bits per heavy atom. The number of alkyl halides is 1. The first-order valence-corrected chi connectivity index (χ1v) is 6.75. The number of hydrogen-bond donors (Lipinski definition) is 0. The Kier molecular flexibility index (Phi) is 4.05. The minimum absolute atomic E-state index is 0.0208. The summed E-state index contributed by atoms with van der Waals surface area (Å²) in [5.41, 5.74) is 4.70. The van der Waals surface area contributed by atoms with Gasteiger partial charge in [0.05, 0.1) is 18.1 Å². The van der Waals surface area contributed by atoms with Gasteiger partial charge in [0.1, 0.15) is 0 Å². The van der Waals surface area contributed by atoms with E-state index < -0.39 is 0 Å². The molecule has 0 saturated heterocycles. The fraction of sp³-hybridized carbons (Fsp3) is 0.333. The van der Waals surface area contributed by atoms with Crippen molar-refractivity contribution in [3.8, 4) is 0 Å². The zero-order valence-electron chi connectivity index (χ0n) is 11.4. The van der Waals surface area contributed by atoms with Gasteiger partial charge in [-0.3, -0.25) is 9.78 Å². The summed E-state index contributed by atoms with van der Waals surface area (Å²) in [7, 11) is 0. The van der Waals surface area contributed by atoms with Crippen molar-refractivity contribution in [3.63, 3.8) is 0 Å². The summed E-state index contributed by atoms with van der Waals surface area (Å²) >= 11 is 5.63. The van der Waals surface area contributed by atoms with E-state index in [0.717, 1.165) is 22.8 Å². The maximum absolute atomic E-state index is 11.7. The Labute approximate surface area is 118 Å². The van der Waals surface area contributed by atoms with Gasteiger partial charge < -0.3 is 4.57 Å². The largest absolute Gasteiger partial charge is 0.343 e. The molecule has 100 valence electrons. The van der Waals surface area contributed by atoms with Crippen LogP contribution in [0.25, 0.3) is 0 Å². The van der Waals surface area contributed by atoms with E-state index in [1.807, 2.05) is 45.0 Å². The lowest BCUT2D eigenvalue weighted by molar-refractivity contribution is 0.102. The van der Waals surface area contributed by atoms with Crippen LogP contribution in [0.2, 0.25) is 0 Å². The third-order valence-corrected chi connectivity index (χ3v) is 3.50. The average molecular weight is 277 g/mol.